The third-order valence-electron chi connectivity index (χ3n) is 2.18. The van der Waals surface area contributed by atoms with Gasteiger partial charge in [0.25, 0.3) is 0 Å². The Bertz CT molecular complexity index is 401. The Balaban J connectivity index is 3.41. The van der Waals surface area contributed by atoms with Crippen molar-refractivity contribution in [1.29, 1.82) is 0 Å². The van der Waals surface area contributed by atoms with E-state index in [1.165, 1.54) is 6.07 Å². The van der Waals surface area contributed by atoms with Crippen LogP contribution in [0.4, 0.5) is 0 Å². The van der Waals surface area contributed by atoms with Crippen molar-refractivity contribution in [3.05, 3.63) is 34.9 Å². The van der Waals surface area contributed by atoms with Gasteiger partial charge >= 0.3 is 5.97 Å². The first kappa shape index (κ1) is 11.1. The van der Waals surface area contributed by atoms with Crippen molar-refractivity contribution in [2.75, 3.05) is 0 Å². The minimum atomic E-state index is -1.14. The van der Waals surface area contributed by atoms with Crippen molar-refractivity contribution in [2.24, 2.45) is 0 Å². The van der Waals surface area contributed by atoms with Gasteiger partial charge in [-0.2, -0.15) is 0 Å². The Morgan fingerprint density at radius 3 is 2.40 bits per heavy atom. The van der Waals surface area contributed by atoms with E-state index in [9.17, 15) is 14.4 Å². The van der Waals surface area contributed by atoms with Crippen molar-refractivity contribution in [3.8, 4) is 0 Å². The number of hydrogen-bond acceptors (Lipinski definition) is 3. The third kappa shape index (κ3) is 2.10. The van der Waals surface area contributed by atoms with Gasteiger partial charge in [0, 0.05) is 0 Å². The van der Waals surface area contributed by atoms with Gasteiger partial charge in [-0.1, -0.05) is 12.1 Å². The molecule has 0 bridgehead atoms. The maximum absolute atomic E-state index is 10.9. The van der Waals surface area contributed by atoms with E-state index in [-0.39, 0.29) is 11.1 Å². The number of carbonyl (C=O) groups excluding carboxylic acids is 2. The summed E-state index contributed by atoms with van der Waals surface area (Å²) in [5.41, 5.74) is 0.897. The quantitative estimate of drug-likeness (QED) is 0.593. The molecule has 0 saturated carbocycles. The van der Waals surface area contributed by atoms with Crippen molar-refractivity contribution in [2.45, 2.75) is 12.8 Å². The molecule has 0 spiro atoms. The fraction of sp³-hybridized carbons (Fsp3) is 0.182. The summed E-state index contributed by atoms with van der Waals surface area (Å²) < 4.78 is 0. The maximum Gasteiger partial charge on any atom is 0.336 e. The number of carbonyl (C=O) groups is 3. The molecular formula is C11H10O4. The molecule has 1 N–H and O–H groups in total. The molecule has 0 atom stereocenters. The molecule has 0 aliphatic heterocycles. The van der Waals surface area contributed by atoms with Crippen LogP contribution in [0.2, 0.25) is 0 Å². The van der Waals surface area contributed by atoms with Gasteiger partial charge in [0.05, 0.1) is 11.5 Å². The molecule has 4 nitrogen and oxygen atoms in total. The topological polar surface area (TPSA) is 71.4 Å². The zero-order valence-electron chi connectivity index (χ0n) is 8.14. The number of carboxylic acids is 1. The van der Waals surface area contributed by atoms with Crippen LogP contribution in [0.3, 0.4) is 0 Å². The average Bonchev–Trinajstić information content (AvgIpc) is 2.21. The van der Waals surface area contributed by atoms with Gasteiger partial charge in [0.1, 0.15) is 12.6 Å². The second-order valence-electron chi connectivity index (χ2n) is 3.14. The normalized spacial score (nSPS) is 10.0. The molecule has 0 radical (unpaired) electrons. The van der Waals surface area contributed by atoms with Gasteiger partial charge in [-0.3, -0.25) is 0 Å². The maximum atomic E-state index is 10.9. The molecule has 0 aliphatic rings. The zero-order chi connectivity index (χ0) is 11.4. The summed E-state index contributed by atoms with van der Waals surface area (Å²) in [7, 11) is 0. The molecule has 78 valence electrons. The first-order valence-corrected chi connectivity index (χ1v) is 4.35. The predicted octanol–water partition coefficient (Wildman–Crippen LogP) is 1.17. The first-order valence-electron chi connectivity index (χ1n) is 4.35. The minimum Gasteiger partial charge on any atom is -0.478 e. The van der Waals surface area contributed by atoms with Gasteiger partial charge < -0.3 is 14.7 Å². The molecule has 1 aromatic carbocycles. The van der Waals surface area contributed by atoms with Gasteiger partial charge in [-0.05, 0) is 24.1 Å². The van der Waals surface area contributed by atoms with Crippen LogP contribution in [-0.4, -0.2) is 23.6 Å². The average molecular weight is 206 g/mol. The lowest BCUT2D eigenvalue weighted by Crippen LogP contribution is -2.11. The number of rotatable bonds is 4. The number of aromatic carboxylic acids is 1. The van der Waals surface area contributed by atoms with E-state index < -0.39 is 11.9 Å². The Morgan fingerprint density at radius 2 is 1.93 bits per heavy atom. The highest BCUT2D eigenvalue weighted by atomic mass is 16.4. The van der Waals surface area contributed by atoms with E-state index in [0.29, 0.717) is 18.1 Å². The van der Waals surface area contributed by atoms with Crippen molar-refractivity contribution < 1.29 is 19.5 Å². The molecular weight excluding hydrogens is 196 g/mol. The van der Waals surface area contributed by atoms with E-state index in [0.717, 1.165) is 0 Å². The lowest BCUT2D eigenvalue weighted by atomic mass is 9.92. The molecule has 1 aromatic rings. The van der Waals surface area contributed by atoms with E-state index in [1.54, 1.807) is 19.1 Å². The minimum absolute atomic E-state index is 0.000741. The molecule has 1 rings (SSSR count). The number of aryl methyl sites for hydroxylation is 1. The van der Waals surface area contributed by atoms with Crippen molar-refractivity contribution >= 4 is 18.5 Å². The highest BCUT2D eigenvalue weighted by molar-refractivity contribution is 5.95. The number of carboxylic acid groups (broad SMARTS) is 1. The van der Waals surface area contributed by atoms with E-state index in [4.69, 9.17) is 5.11 Å². The van der Waals surface area contributed by atoms with Crippen LogP contribution in [0.15, 0.2) is 18.2 Å². The van der Waals surface area contributed by atoms with Gasteiger partial charge in [0.15, 0.2) is 0 Å². The number of hydrogen-bond donors (Lipinski definition) is 1. The smallest absolute Gasteiger partial charge is 0.336 e. The molecule has 0 heterocycles. The Morgan fingerprint density at radius 1 is 1.33 bits per heavy atom. The van der Waals surface area contributed by atoms with E-state index >= 15 is 0 Å². The molecule has 15 heavy (non-hydrogen) atoms. The highest BCUT2D eigenvalue weighted by Gasteiger charge is 2.19. The van der Waals surface area contributed by atoms with E-state index in [1.807, 2.05) is 0 Å². The van der Waals surface area contributed by atoms with Gasteiger partial charge in [-0.15, -0.1) is 0 Å². The molecule has 0 aliphatic carbocycles. The summed E-state index contributed by atoms with van der Waals surface area (Å²) in [5, 5.41) is 8.90. The molecule has 0 fully saturated rings. The Kier molecular flexibility index (Phi) is 3.33. The lowest BCUT2D eigenvalue weighted by molar-refractivity contribution is -0.116. The Hall–Kier alpha value is -1.97. The van der Waals surface area contributed by atoms with Crippen molar-refractivity contribution in [1.82, 2.24) is 0 Å². The monoisotopic (exact) mass is 206 g/mol. The van der Waals surface area contributed by atoms with Crippen LogP contribution in [0.1, 0.15) is 27.4 Å². The number of aldehydes is 2. The lowest BCUT2D eigenvalue weighted by Gasteiger charge is -2.10. The summed E-state index contributed by atoms with van der Waals surface area (Å²) in [5.74, 6) is -2.14. The number of benzene rings is 1. The molecule has 4 heteroatoms. The first-order chi connectivity index (χ1) is 7.11. The molecule has 0 saturated heterocycles. The second kappa shape index (κ2) is 4.50. The SMILES string of the molecule is Cc1cccc(C(=O)O)c1C(C=O)C=O. The van der Waals surface area contributed by atoms with Crippen LogP contribution in [-0.2, 0) is 9.59 Å². The van der Waals surface area contributed by atoms with E-state index in [2.05, 4.69) is 0 Å². The van der Waals surface area contributed by atoms with Crippen LogP contribution in [0.25, 0.3) is 0 Å². The fourth-order valence-corrected chi connectivity index (χ4v) is 1.48. The van der Waals surface area contributed by atoms with Crippen LogP contribution >= 0.6 is 0 Å². The second-order valence-corrected chi connectivity index (χ2v) is 3.14. The van der Waals surface area contributed by atoms with Crippen LogP contribution in [0.5, 0.6) is 0 Å². The zero-order valence-corrected chi connectivity index (χ0v) is 8.14. The fourth-order valence-electron chi connectivity index (χ4n) is 1.48. The van der Waals surface area contributed by atoms with Gasteiger partial charge in [-0.25, -0.2) is 4.79 Å². The highest BCUT2D eigenvalue weighted by Crippen LogP contribution is 2.21. The summed E-state index contributed by atoms with van der Waals surface area (Å²) in [6.07, 6.45) is 0.892. The standard InChI is InChI=1S/C11H10O4/c1-7-3-2-4-9(11(14)15)10(7)8(5-12)6-13/h2-6,8H,1H3,(H,14,15). The summed E-state index contributed by atoms with van der Waals surface area (Å²) >= 11 is 0. The summed E-state index contributed by atoms with van der Waals surface area (Å²) in [6.45, 7) is 1.67. The van der Waals surface area contributed by atoms with Crippen LogP contribution < -0.4 is 0 Å². The van der Waals surface area contributed by atoms with Crippen molar-refractivity contribution in [3.63, 3.8) is 0 Å². The largest absolute Gasteiger partial charge is 0.478 e. The van der Waals surface area contributed by atoms with Crippen LogP contribution in [0, 0.1) is 6.92 Å². The molecule has 0 amide bonds. The summed E-state index contributed by atoms with van der Waals surface area (Å²) in [4.78, 5) is 32.2. The summed E-state index contributed by atoms with van der Waals surface area (Å²) in [6, 6.07) is 4.63. The molecule has 0 aromatic heterocycles. The molecule has 0 unspecified atom stereocenters. The predicted molar refractivity (Wildman–Crippen MR) is 53.0 cm³/mol. The van der Waals surface area contributed by atoms with Gasteiger partial charge in [0.2, 0.25) is 0 Å². The third-order valence-corrected chi connectivity index (χ3v) is 2.18. The Labute approximate surface area is 86.5 Å².